The monoisotopic (exact) mass is 475 g/mol. The van der Waals surface area contributed by atoms with Crippen molar-refractivity contribution in [2.75, 3.05) is 17.7 Å². The van der Waals surface area contributed by atoms with Crippen LogP contribution in [0.3, 0.4) is 0 Å². The zero-order valence-electron chi connectivity index (χ0n) is 18.4. The first kappa shape index (κ1) is 23.4. The van der Waals surface area contributed by atoms with Crippen molar-refractivity contribution < 1.29 is 24.2 Å². The molecule has 0 saturated heterocycles. The van der Waals surface area contributed by atoms with Gasteiger partial charge in [-0.05, 0) is 35.7 Å². The summed E-state index contributed by atoms with van der Waals surface area (Å²) in [6, 6.07) is 24.2. The zero-order chi connectivity index (χ0) is 23.9. The molecule has 1 amide bonds. The zero-order valence-corrected chi connectivity index (χ0v) is 19.3. The fourth-order valence-electron chi connectivity index (χ4n) is 3.97. The largest absolute Gasteiger partial charge is 0.507 e. The SMILES string of the molecule is O=C(CS)OCCC[C@@H](OC(=O)Nc1cccc2ccccc12)c1ccc(O)c2ccccc12. The number of esters is 1. The highest BCUT2D eigenvalue weighted by atomic mass is 32.1. The Balaban J connectivity index is 1.57. The molecule has 0 fully saturated rings. The molecule has 0 bridgehead atoms. The molecule has 34 heavy (non-hydrogen) atoms. The molecule has 0 spiro atoms. The van der Waals surface area contributed by atoms with Gasteiger partial charge >= 0.3 is 12.1 Å². The number of hydrogen-bond donors (Lipinski definition) is 3. The molecule has 2 N–H and O–H groups in total. The van der Waals surface area contributed by atoms with E-state index in [1.165, 1.54) is 0 Å². The van der Waals surface area contributed by atoms with E-state index < -0.39 is 18.2 Å². The van der Waals surface area contributed by atoms with E-state index in [1.54, 1.807) is 12.1 Å². The summed E-state index contributed by atoms with van der Waals surface area (Å²) in [5, 5.41) is 16.5. The van der Waals surface area contributed by atoms with Crippen LogP contribution in [0.15, 0.2) is 78.9 Å². The first-order valence-corrected chi connectivity index (χ1v) is 11.6. The third-order valence-corrected chi connectivity index (χ3v) is 5.82. The van der Waals surface area contributed by atoms with Crippen LogP contribution in [0.2, 0.25) is 0 Å². The predicted octanol–water partition coefficient (Wildman–Crippen LogP) is 6.24. The summed E-state index contributed by atoms with van der Waals surface area (Å²) in [7, 11) is 0. The summed E-state index contributed by atoms with van der Waals surface area (Å²) in [6.07, 6.45) is -0.292. The standard InChI is InChI=1S/C27H25NO5S/c29-24-15-14-22(20-10-3-4-11-21(20)24)25(13-6-16-32-26(30)17-34)33-27(31)28-23-12-5-8-18-7-1-2-9-19(18)23/h1-5,7-12,14-15,25,29,34H,6,13,16-17H2,(H,28,31)/t25-/m1/s1. The van der Waals surface area contributed by atoms with Crippen LogP contribution in [0.5, 0.6) is 5.75 Å². The molecule has 7 heteroatoms. The Morgan fingerprint density at radius 2 is 1.59 bits per heavy atom. The van der Waals surface area contributed by atoms with Gasteiger partial charge in [-0.3, -0.25) is 10.1 Å². The average Bonchev–Trinajstić information content (AvgIpc) is 2.86. The number of amides is 1. The van der Waals surface area contributed by atoms with Crippen molar-refractivity contribution in [3.63, 3.8) is 0 Å². The van der Waals surface area contributed by atoms with Crippen molar-refractivity contribution >= 4 is 51.9 Å². The lowest BCUT2D eigenvalue weighted by Crippen LogP contribution is -2.18. The van der Waals surface area contributed by atoms with E-state index in [2.05, 4.69) is 17.9 Å². The summed E-state index contributed by atoms with van der Waals surface area (Å²) in [5.74, 6) is -0.235. The number of anilines is 1. The number of aromatic hydroxyl groups is 1. The third-order valence-electron chi connectivity index (χ3n) is 5.56. The first-order valence-electron chi connectivity index (χ1n) is 11.0. The maximum Gasteiger partial charge on any atom is 0.412 e. The number of rotatable bonds is 8. The number of ether oxygens (including phenoxy) is 2. The molecule has 174 valence electrons. The van der Waals surface area contributed by atoms with E-state index >= 15 is 0 Å². The summed E-state index contributed by atoms with van der Waals surface area (Å²) in [5.41, 5.74) is 1.42. The van der Waals surface area contributed by atoms with Crippen molar-refractivity contribution in [3.8, 4) is 5.75 Å². The highest BCUT2D eigenvalue weighted by Gasteiger charge is 2.21. The quantitative estimate of drug-likeness (QED) is 0.160. The molecule has 4 aromatic carbocycles. The molecule has 0 aliphatic rings. The van der Waals surface area contributed by atoms with E-state index in [4.69, 9.17) is 9.47 Å². The predicted molar refractivity (Wildman–Crippen MR) is 136 cm³/mol. The van der Waals surface area contributed by atoms with E-state index in [1.807, 2.05) is 66.7 Å². The number of carbonyl (C=O) groups excluding carboxylic acids is 2. The first-order chi connectivity index (χ1) is 16.6. The highest BCUT2D eigenvalue weighted by molar-refractivity contribution is 7.81. The number of phenols is 1. The summed E-state index contributed by atoms with van der Waals surface area (Å²) in [4.78, 5) is 24.4. The normalized spacial score (nSPS) is 11.8. The van der Waals surface area contributed by atoms with E-state index in [0.717, 1.165) is 21.7 Å². The van der Waals surface area contributed by atoms with Gasteiger partial charge < -0.3 is 14.6 Å². The van der Waals surface area contributed by atoms with Crippen molar-refractivity contribution in [2.45, 2.75) is 18.9 Å². The molecular formula is C27H25NO5S. The molecule has 4 rings (SSSR count). The van der Waals surface area contributed by atoms with E-state index in [9.17, 15) is 14.7 Å². The number of hydrogen-bond acceptors (Lipinski definition) is 6. The maximum atomic E-state index is 13.0. The van der Waals surface area contributed by atoms with Crippen molar-refractivity contribution in [1.82, 2.24) is 0 Å². The van der Waals surface area contributed by atoms with Crippen LogP contribution in [-0.2, 0) is 14.3 Å². The van der Waals surface area contributed by atoms with Gasteiger partial charge in [0, 0.05) is 16.3 Å². The van der Waals surface area contributed by atoms with Gasteiger partial charge in [0.15, 0.2) is 0 Å². The van der Waals surface area contributed by atoms with Gasteiger partial charge in [-0.15, -0.1) is 0 Å². The van der Waals surface area contributed by atoms with Crippen molar-refractivity contribution in [1.29, 1.82) is 0 Å². The number of phenolic OH excluding ortho intramolecular Hbond substituents is 1. The fraction of sp³-hybridized carbons (Fsp3) is 0.185. The topological polar surface area (TPSA) is 84.9 Å². The molecule has 0 heterocycles. The van der Waals surface area contributed by atoms with Crippen LogP contribution < -0.4 is 5.32 Å². The highest BCUT2D eigenvalue weighted by Crippen LogP contribution is 2.35. The molecule has 0 aliphatic carbocycles. The Morgan fingerprint density at radius 1 is 0.882 bits per heavy atom. The molecule has 0 aliphatic heterocycles. The Kier molecular flexibility index (Phi) is 7.54. The molecule has 0 saturated carbocycles. The fourth-order valence-corrected chi connectivity index (χ4v) is 4.06. The van der Waals surface area contributed by atoms with Gasteiger partial charge in [0.05, 0.1) is 18.0 Å². The average molecular weight is 476 g/mol. The van der Waals surface area contributed by atoms with Gasteiger partial charge in [0.25, 0.3) is 0 Å². The number of benzene rings is 4. The number of thiol groups is 1. The minimum absolute atomic E-state index is 0.00989. The molecule has 1 atom stereocenters. The molecule has 4 aromatic rings. The van der Waals surface area contributed by atoms with Gasteiger partial charge in [-0.1, -0.05) is 66.7 Å². The lowest BCUT2D eigenvalue weighted by molar-refractivity contribution is -0.140. The van der Waals surface area contributed by atoms with Gasteiger partial charge in [-0.2, -0.15) is 12.6 Å². The van der Waals surface area contributed by atoms with Crippen LogP contribution >= 0.6 is 12.6 Å². The van der Waals surface area contributed by atoms with Crippen molar-refractivity contribution in [2.24, 2.45) is 0 Å². The summed E-state index contributed by atoms with van der Waals surface area (Å²) >= 11 is 3.91. The van der Waals surface area contributed by atoms with Crippen LogP contribution in [0.4, 0.5) is 10.5 Å². The van der Waals surface area contributed by atoms with Crippen LogP contribution in [0, 0.1) is 0 Å². The minimum atomic E-state index is -0.616. The van der Waals surface area contributed by atoms with E-state index in [-0.39, 0.29) is 18.1 Å². The second kappa shape index (κ2) is 10.9. The van der Waals surface area contributed by atoms with Gasteiger partial charge in [0.1, 0.15) is 11.9 Å². The van der Waals surface area contributed by atoms with Crippen LogP contribution in [-0.4, -0.2) is 29.5 Å². The second-order valence-corrected chi connectivity index (χ2v) is 8.10. The number of fused-ring (bicyclic) bond motifs is 2. The summed E-state index contributed by atoms with van der Waals surface area (Å²) in [6.45, 7) is 0.195. The van der Waals surface area contributed by atoms with Gasteiger partial charge in [-0.25, -0.2) is 4.79 Å². The Bertz CT molecular complexity index is 1320. The molecular weight excluding hydrogens is 450 g/mol. The van der Waals surface area contributed by atoms with Crippen LogP contribution in [0.1, 0.15) is 24.5 Å². The lowest BCUT2D eigenvalue weighted by atomic mass is 9.97. The molecule has 6 nitrogen and oxygen atoms in total. The molecule has 0 radical (unpaired) electrons. The Morgan fingerprint density at radius 3 is 2.38 bits per heavy atom. The number of nitrogens with one attached hydrogen (secondary N) is 1. The minimum Gasteiger partial charge on any atom is -0.507 e. The Labute approximate surface area is 202 Å². The van der Waals surface area contributed by atoms with E-state index in [0.29, 0.717) is 23.9 Å². The smallest absolute Gasteiger partial charge is 0.412 e. The molecule has 0 aromatic heterocycles. The van der Waals surface area contributed by atoms with Crippen LogP contribution in [0.25, 0.3) is 21.5 Å². The van der Waals surface area contributed by atoms with Gasteiger partial charge in [0.2, 0.25) is 0 Å². The Hall–Kier alpha value is -3.71. The van der Waals surface area contributed by atoms with Crippen molar-refractivity contribution in [3.05, 3.63) is 84.4 Å². The maximum absolute atomic E-state index is 13.0. The second-order valence-electron chi connectivity index (χ2n) is 7.79. The number of carbonyl (C=O) groups is 2. The third kappa shape index (κ3) is 5.43. The molecule has 0 unspecified atom stereocenters. The summed E-state index contributed by atoms with van der Waals surface area (Å²) < 4.78 is 11.0. The lowest BCUT2D eigenvalue weighted by Gasteiger charge is -2.21.